The number of alkyl halides is 1. The maximum absolute atomic E-state index is 4.55. The summed E-state index contributed by atoms with van der Waals surface area (Å²) in [4.78, 5) is 4.81. The highest BCUT2D eigenvalue weighted by atomic mass is 79.9. The molecule has 1 nitrogen and oxygen atoms in total. The fourth-order valence-electron chi connectivity index (χ4n) is 3.53. The van der Waals surface area contributed by atoms with Crippen LogP contribution in [-0.4, -0.2) is 4.98 Å². The molecule has 1 heterocycles. The Kier molecular flexibility index (Phi) is 3.50. The van der Waals surface area contributed by atoms with Crippen LogP contribution in [0.3, 0.4) is 0 Å². The fourth-order valence-corrected chi connectivity index (χ4v) is 4.29. The van der Waals surface area contributed by atoms with E-state index in [0.29, 0.717) is 0 Å². The third kappa shape index (κ3) is 2.26. The number of allylic oxidation sites excluding steroid dienone is 9. The van der Waals surface area contributed by atoms with Crippen LogP contribution in [0.4, 0.5) is 0 Å². The van der Waals surface area contributed by atoms with Crippen LogP contribution < -0.4 is 0 Å². The van der Waals surface area contributed by atoms with Crippen LogP contribution >= 0.6 is 15.9 Å². The van der Waals surface area contributed by atoms with Crippen LogP contribution in [0.25, 0.3) is 6.08 Å². The molecule has 0 spiro atoms. The zero-order chi connectivity index (χ0) is 15.1. The Morgan fingerprint density at radius 1 is 1.27 bits per heavy atom. The van der Waals surface area contributed by atoms with Crippen molar-refractivity contribution >= 4 is 22.0 Å². The van der Waals surface area contributed by atoms with Gasteiger partial charge in [-0.25, -0.2) is 0 Å². The molecular weight excluding hydrogens is 334 g/mol. The summed E-state index contributed by atoms with van der Waals surface area (Å²) in [5, 5.41) is 0. The highest BCUT2D eigenvalue weighted by Gasteiger charge is 2.30. The number of fused-ring (bicyclic) bond motifs is 2. The highest BCUT2D eigenvalue weighted by Crippen LogP contribution is 2.49. The lowest BCUT2D eigenvalue weighted by atomic mass is 9.87. The van der Waals surface area contributed by atoms with Gasteiger partial charge in [0.15, 0.2) is 0 Å². The van der Waals surface area contributed by atoms with Crippen molar-refractivity contribution in [3.63, 3.8) is 0 Å². The van der Waals surface area contributed by atoms with Crippen molar-refractivity contribution < 1.29 is 0 Å². The minimum absolute atomic E-state index is 0.260. The van der Waals surface area contributed by atoms with E-state index in [4.69, 9.17) is 0 Å². The second kappa shape index (κ2) is 5.51. The molecule has 1 unspecified atom stereocenters. The van der Waals surface area contributed by atoms with Gasteiger partial charge in [-0.05, 0) is 66.2 Å². The van der Waals surface area contributed by atoms with Crippen molar-refractivity contribution in [2.24, 2.45) is 0 Å². The van der Waals surface area contributed by atoms with Gasteiger partial charge in [-0.2, -0.15) is 0 Å². The van der Waals surface area contributed by atoms with Crippen LogP contribution in [0.1, 0.15) is 42.3 Å². The van der Waals surface area contributed by atoms with E-state index >= 15 is 0 Å². The highest BCUT2D eigenvalue weighted by molar-refractivity contribution is 9.09. The number of hydrogen-bond acceptors (Lipinski definition) is 1. The largest absolute Gasteiger partial charge is 0.257 e. The quantitative estimate of drug-likeness (QED) is 0.623. The molecule has 0 N–H and O–H groups in total. The molecule has 0 aromatic carbocycles. The van der Waals surface area contributed by atoms with Gasteiger partial charge in [-0.3, -0.25) is 4.98 Å². The summed E-state index contributed by atoms with van der Waals surface area (Å²) in [5.74, 6) is 0. The number of aromatic nitrogens is 1. The molecule has 1 atom stereocenters. The first kappa shape index (κ1) is 14.0. The van der Waals surface area contributed by atoms with Gasteiger partial charge < -0.3 is 0 Å². The SMILES string of the molecule is CC1=C(CCC2=CC=CC2)C2=Cc3ncccc3C(Br)C2=C1. The molecule has 22 heavy (non-hydrogen) atoms. The Bertz CT molecular complexity index is 790. The van der Waals surface area contributed by atoms with Gasteiger partial charge in [0, 0.05) is 6.20 Å². The summed E-state index contributed by atoms with van der Waals surface area (Å²) in [6, 6.07) is 4.18. The average molecular weight is 352 g/mol. The minimum atomic E-state index is 0.260. The second-order valence-electron chi connectivity index (χ2n) is 6.12. The summed E-state index contributed by atoms with van der Waals surface area (Å²) >= 11 is 3.87. The van der Waals surface area contributed by atoms with Crippen molar-refractivity contribution in [2.45, 2.75) is 31.0 Å². The predicted octanol–water partition coefficient (Wildman–Crippen LogP) is 5.84. The van der Waals surface area contributed by atoms with E-state index in [1.54, 1.807) is 5.57 Å². The smallest absolute Gasteiger partial charge is 0.0682 e. The van der Waals surface area contributed by atoms with Crippen molar-refractivity contribution in [1.29, 1.82) is 0 Å². The number of hydrogen-bond donors (Lipinski definition) is 0. The normalized spacial score (nSPS) is 22.3. The molecule has 110 valence electrons. The zero-order valence-corrected chi connectivity index (χ0v) is 14.2. The number of pyridine rings is 1. The summed E-state index contributed by atoms with van der Waals surface area (Å²) < 4.78 is 0. The predicted molar refractivity (Wildman–Crippen MR) is 95.7 cm³/mol. The van der Waals surface area contributed by atoms with E-state index in [1.165, 1.54) is 27.9 Å². The Morgan fingerprint density at radius 3 is 3.00 bits per heavy atom. The number of halogens is 1. The maximum atomic E-state index is 4.55. The van der Waals surface area contributed by atoms with E-state index in [1.807, 2.05) is 12.3 Å². The van der Waals surface area contributed by atoms with Crippen LogP contribution in [0.5, 0.6) is 0 Å². The van der Waals surface area contributed by atoms with E-state index < -0.39 is 0 Å². The summed E-state index contributed by atoms with van der Waals surface area (Å²) in [6.45, 7) is 2.24. The van der Waals surface area contributed by atoms with Crippen molar-refractivity contribution in [1.82, 2.24) is 4.98 Å². The van der Waals surface area contributed by atoms with Crippen LogP contribution in [-0.2, 0) is 0 Å². The third-order valence-corrected chi connectivity index (χ3v) is 5.71. The van der Waals surface area contributed by atoms with Crippen LogP contribution in [0.2, 0.25) is 0 Å². The van der Waals surface area contributed by atoms with E-state index in [0.717, 1.165) is 25.0 Å². The third-order valence-electron chi connectivity index (χ3n) is 4.73. The van der Waals surface area contributed by atoms with E-state index in [9.17, 15) is 0 Å². The van der Waals surface area contributed by atoms with Gasteiger partial charge in [-0.1, -0.05) is 51.9 Å². The molecule has 2 heteroatoms. The first-order chi connectivity index (χ1) is 10.7. The lowest BCUT2D eigenvalue weighted by Crippen LogP contribution is -2.07. The van der Waals surface area contributed by atoms with Gasteiger partial charge in [0.2, 0.25) is 0 Å². The number of rotatable bonds is 3. The van der Waals surface area contributed by atoms with Gasteiger partial charge in [-0.15, -0.1) is 0 Å². The number of nitrogens with zero attached hydrogens (tertiary/aromatic N) is 1. The molecule has 1 aromatic heterocycles. The minimum Gasteiger partial charge on any atom is -0.257 e. The van der Waals surface area contributed by atoms with Gasteiger partial charge in [0.25, 0.3) is 0 Å². The molecule has 3 aliphatic carbocycles. The average Bonchev–Trinajstić information content (AvgIpc) is 3.14. The molecular formula is C20H18BrN. The summed E-state index contributed by atoms with van der Waals surface area (Å²) in [7, 11) is 0. The van der Waals surface area contributed by atoms with E-state index in [2.05, 4.69) is 64.3 Å². The lowest BCUT2D eigenvalue weighted by molar-refractivity contribution is 0.907. The van der Waals surface area contributed by atoms with Crippen LogP contribution in [0, 0.1) is 0 Å². The molecule has 0 radical (unpaired) electrons. The Labute approximate surface area is 140 Å². The van der Waals surface area contributed by atoms with Gasteiger partial charge >= 0.3 is 0 Å². The molecule has 3 aliphatic rings. The molecule has 0 fully saturated rings. The molecule has 0 saturated heterocycles. The molecule has 0 saturated carbocycles. The second-order valence-corrected chi connectivity index (χ2v) is 7.03. The molecule has 0 amide bonds. The van der Waals surface area contributed by atoms with E-state index in [-0.39, 0.29) is 4.83 Å². The van der Waals surface area contributed by atoms with Gasteiger partial charge in [0.05, 0.1) is 10.5 Å². The van der Waals surface area contributed by atoms with Crippen molar-refractivity contribution in [2.75, 3.05) is 0 Å². The topological polar surface area (TPSA) is 12.9 Å². The summed E-state index contributed by atoms with van der Waals surface area (Å²) in [5.41, 5.74) is 9.59. The van der Waals surface area contributed by atoms with Crippen molar-refractivity contribution in [3.05, 3.63) is 81.8 Å². The first-order valence-electron chi connectivity index (χ1n) is 7.81. The molecule has 4 rings (SSSR count). The Hall–Kier alpha value is -1.67. The van der Waals surface area contributed by atoms with Crippen molar-refractivity contribution in [3.8, 4) is 0 Å². The van der Waals surface area contributed by atoms with Crippen LogP contribution in [0.15, 0.2) is 70.5 Å². The van der Waals surface area contributed by atoms with Gasteiger partial charge in [0.1, 0.15) is 0 Å². The molecule has 1 aromatic rings. The standard InChI is InChI=1S/C20H18BrN/c1-13-11-18-17(15(13)9-8-14-5-2-3-6-14)12-19-16(20(18)21)7-4-10-22-19/h2-5,7,10-12,20H,6,8-9H2,1H3. The Morgan fingerprint density at radius 2 is 2.18 bits per heavy atom. The molecule has 0 aliphatic heterocycles. The Balaban J connectivity index is 1.65. The first-order valence-corrected chi connectivity index (χ1v) is 8.73. The maximum Gasteiger partial charge on any atom is 0.0682 e. The monoisotopic (exact) mass is 351 g/mol. The molecule has 0 bridgehead atoms. The fraction of sp³-hybridized carbons (Fsp3) is 0.250. The zero-order valence-electron chi connectivity index (χ0n) is 12.6. The lowest BCUT2D eigenvalue weighted by Gasteiger charge is -2.23. The summed E-state index contributed by atoms with van der Waals surface area (Å²) in [6.07, 6.45) is 16.6.